The highest BCUT2D eigenvalue weighted by atomic mass is 32.2. The zero-order valence-corrected chi connectivity index (χ0v) is 10.7. The van der Waals surface area contributed by atoms with Crippen LogP contribution in [0.25, 0.3) is 5.70 Å². The molecule has 0 bridgehead atoms. The van der Waals surface area contributed by atoms with E-state index in [9.17, 15) is 4.79 Å². The monoisotopic (exact) mass is 260 g/mol. The van der Waals surface area contributed by atoms with Crippen molar-refractivity contribution >= 4 is 28.6 Å². The predicted octanol–water partition coefficient (Wildman–Crippen LogP) is 2.29. The van der Waals surface area contributed by atoms with Gasteiger partial charge in [0, 0.05) is 19.0 Å². The molecule has 0 unspecified atom stereocenters. The van der Waals surface area contributed by atoms with Crippen LogP contribution >= 0.6 is 11.8 Å². The fraction of sp³-hybridized carbons (Fsp3) is 0.231. The largest absolute Gasteiger partial charge is 0.417 e. The fourth-order valence-electron chi connectivity index (χ4n) is 2.03. The molecule has 0 aromatic heterocycles. The van der Waals surface area contributed by atoms with E-state index in [0.29, 0.717) is 5.09 Å². The maximum Gasteiger partial charge on any atom is 0.308 e. The average Bonchev–Trinajstić information content (AvgIpc) is 2.89. The van der Waals surface area contributed by atoms with Crippen LogP contribution in [0.5, 0.6) is 0 Å². The molecule has 0 amide bonds. The number of aliphatic imine (C=N–C) groups is 1. The van der Waals surface area contributed by atoms with Crippen molar-refractivity contribution < 1.29 is 9.53 Å². The lowest BCUT2D eigenvalue weighted by molar-refractivity contribution is -0.135. The number of rotatable bonds is 2. The standard InChI is InChI=1S/C13H12N2O2S/c1-9(16)17-12-11(10-5-3-2-4-6-10)15-8-7-14-13(15)18-12/h2-6H,7-8H2,1H3. The minimum absolute atomic E-state index is 0.298. The van der Waals surface area contributed by atoms with Crippen molar-refractivity contribution in [2.75, 3.05) is 13.1 Å². The van der Waals surface area contributed by atoms with Gasteiger partial charge >= 0.3 is 5.97 Å². The molecule has 1 aromatic carbocycles. The molecule has 4 nitrogen and oxygen atoms in total. The predicted molar refractivity (Wildman–Crippen MR) is 71.7 cm³/mol. The third kappa shape index (κ3) is 1.90. The molecular weight excluding hydrogens is 248 g/mol. The summed E-state index contributed by atoms with van der Waals surface area (Å²) < 4.78 is 5.30. The molecule has 0 aliphatic carbocycles. The van der Waals surface area contributed by atoms with Crippen LogP contribution in [0.3, 0.4) is 0 Å². The van der Waals surface area contributed by atoms with E-state index in [1.54, 1.807) is 0 Å². The van der Waals surface area contributed by atoms with Crippen LogP contribution in [0.2, 0.25) is 0 Å². The summed E-state index contributed by atoms with van der Waals surface area (Å²) in [5.74, 6) is -0.298. The minimum atomic E-state index is -0.298. The number of fused-ring (bicyclic) bond motifs is 1. The van der Waals surface area contributed by atoms with E-state index in [2.05, 4.69) is 9.89 Å². The first-order valence-corrected chi connectivity index (χ1v) is 6.55. The summed E-state index contributed by atoms with van der Waals surface area (Å²) in [5.41, 5.74) is 2.00. The normalized spacial score (nSPS) is 17.8. The van der Waals surface area contributed by atoms with Gasteiger partial charge < -0.3 is 9.64 Å². The molecule has 0 atom stereocenters. The van der Waals surface area contributed by atoms with Crippen molar-refractivity contribution in [3.8, 4) is 0 Å². The maximum atomic E-state index is 11.2. The zero-order valence-electron chi connectivity index (χ0n) is 9.92. The van der Waals surface area contributed by atoms with Crippen LogP contribution in [0.4, 0.5) is 0 Å². The lowest BCUT2D eigenvalue weighted by Crippen LogP contribution is -2.20. The Kier molecular flexibility index (Phi) is 2.83. The van der Waals surface area contributed by atoms with E-state index in [4.69, 9.17) is 4.74 Å². The first-order valence-electron chi connectivity index (χ1n) is 5.73. The lowest BCUT2D eigenvalue weighted by atomic mass is 10.1. The van der Waals surface area contributed by atoms with Gasteiger partial charge in [-0.05, 0) is 11.8 Å². The Bertz CT molecular complexity index is 551. The van der Waals surface area contributed by atoms with E-state index in [-0.39, 0.29) is 5.97 Å². The highest BCUT2D eigenvalue weighted by molar-refractivity contribution is 8.17. The SMILES string of the molecule is CC(=O)OC1=C(c2ccccc2)N2CCN=C2S1. The second-order valence-electron chi connectivity index (χ2n) is 4.01. The number of ether oxygens (including phenoxy) is 1. The van der Waals surface area contributed by atoms with Gasteiger partial charge in [0.1, 0.15) is 5.70 Å². The second-order valence-corrected chi connectivity index (χ2v) is 4.95. The Hall–Kier alpha value is -1.75. The van der Waals surface area contributed by atoms with Gasteiger partial charge in [0.15, 0.2) is 10.3 Å². The summed E-state index contributed by atoms with van der Waals surface area (Å²) in [6, 6.07) is 9.95. The van der Waals surface area contributed by atoms with E-state index in [1.165, 1.54) is 18.7 Å². The summed E-state index contributed by atoms with van der Waals surface area (Å²) in [7, 11) is 0. The molecule has 0 radical (unpaired) electrons. The van der Waals surface area contributed by atoms with Crippen molar-refractivity contribution in [1.82, 2.24) is 4.90 Å². The van der Waals surface area contributed by atoms with Crippen LogP contribution in [-0.2, 0) is 9.53 Å². The van der Waals surface area contributed by atoms with Gasteiger partial charge in [-0.2, -0.15) is 0 Å². The number of hydrogen-bond donors (Lipinski definition) is 0. The first-order chi connectivity index (χ1) is 8.75. The first kappa shape index (κ1) is 11.3. The van der Waals surface area contributed by atoms with Gasteiger partial charge in [-0.3, -0.25) is 9.79 Å². The molecule has 1 aromatic rings. The van der Waals surface area contributed by atoms with Gasteiger partial charge in [0.05, 0.1) is 6.54 Å². The molecule has 0 saturated carbocycles. The van der Waals surface area contributed by atoms with Gasteiger partial charge in [0.2, 0.25) is 0 Å². The Morgan fingerprint density at radius 3 is 2.89 bits per heavy atom. The minimum Gasteiger partial charge on any atom is -0.417 e. The number of nitrogens with zero attached hydrogens (tertiary/aromatic N) is 2. The number of thioether (sulfide) groups is 1. The fourth-order valence-corrected chi connectivity index (χ4v) is 3.13. The van der Waals surface area contributed by atoms with Crippen molar-refractivity contribution in [1.29, 1.82) is 0 Å². The Balaban J connectivity index is 2.04. The molecule has 18 heavy (non-hydrogen) atoms. The Morgan fingerprint density at radius 1 is 1.39 bits per heavy atom. The molecule has 5 heteroatoms. The summed E-state index contributed by atoms with van der Waals surface area (Å²) in [5, 5.41) is 1.55. The highest BCUT2D eigenvalue weighted by Gasteiger charge is 2.34. The molecule has 2 heterocycles. The third-order valence-corrected chi connectivity index (χ3v) is 3.73. The van der Waals surface area contributed by atoms with Crippen LogP contribution in [-0.4, -0.2) is 29.1 Å². The van der Waals surface area contributed by atoms with Crippen LogP contribution in [0.1, 0.15) is 12.5 Å². The number of benzene rings is 1. The highest BCUT2D eigenvalue weighted by Crippen LogP contribution is 2.41. The zero-order chi connectivity index (χ0) is 12.5. The molecule has 0 N–H and O–H groups in total. The molecule has 92 valence electrons. The molecule has 3 rings (SSSR count). The van der Waals surface area contributed by atoms with E-state index in [0.717, 1.165) is 29.5 Å². The number of hydrogen-bond acceptors (Lipinski definition) is 5. The van der Waals surface area contributed by atoms with Gasteiger partial charge in [-0.15, -0.1) is 0 Å². The number of esters is 1. The molecule has 0 fully saturated rings. The third-order valence-electron chi connectivity index (χ3n) is 2.73. The number of carbonyl (C=O) groups is 1. The lowest BCUT2D eigenvalue weighted by Gasteiger charge is -2.16. The Labute approximate surface area is 109 Å². The Morgan fingerprint density at radius 2 is 2.17 bits per heavy atom. The summed E-state index contributed by atoms with van der Waals surface area (Å²) in [6.45, 7) is 3.06. The maximum absolute atomic E-state index is 11.2. The van der Waals surface area contributed by atoms with Gasteiger partial charge in [-0.25, -0.2) is 0 Å². The van der Waals surface area contributed by atoms with Crippen LogP contribution in [0.15, 0.2) is 40.4 Å². The van der Waals surface area contributed by atoms with E-state index < -0.39 is 0 Å². The van der Waals surface area contributed by atoms with Crippen LogP contribution in [0, 0.1) is 0 Å². The smallest absolute Gasteiger partial charge is 0.308 e. The molecular formula is C13H12N2O2S. The number of carbonyl (C=O) groups excluding carboxylic acids is 1. The number of amidine groups is 1. The quantitative estimate of drug-likeness (QED) is 0.765. The van der Waals surface area contributed by atoms with Crippen LogP contribution < -0.4 is 0 Å². The molecule has 2 aliphatic rings. The topological polar surface area (TPSA) is 41.9 Å². The summed E-state index contributed by atoms with van der Waals surface area (Å²) >= 11 is 1.43. The van der Waals surface area contributed by atoms with Crippen molar-refractivity contribution in [2.24, 2.45) is 4.99 Å². The van der Waals surface area contributed by atoms with Gasteiger partial charge in [-0.1, -0.05) is 30.3 Å². The molecule has 2 aliphatic heterocycles. The summed E-state index contributed by atoms with van der Waals surface area (Å²) in [6.07, 6.45) is 0. The second kappa shape index (κ2) is 4.49. The van der Waals surface area contributed by atoms with Crippen molar-refractivity contribution in [2.45, 2.75) is 6.92 Å². The molecule has 0 saturated heterocycles. The average molecular weight is 260 g/mol. The van der Waals surface area contributed by atoms with E-state index >= 15 is 0 Å². The summed E-state index contributed by atoms with van der Waals surface area (Å²) in [4.78, 5) is 17.7. The van der Waals surface area contributed by atoms with Gasteiger partial charge in [0.25, 0.3) is 0 Å². The van der Waals surface area contributed by atoms with Crippen molar-refractivity contribution in [3.05, 3.63) is 41.0 Å². The van der Waals surface area contributed by atoms with Crippen molar-refractivity contribution in [3.63, 3.8) is 0 Å². The van der Waals surface area contributed by atoms with E-state index in [1.807, 2.05) is 30.3 Å². The molecule has 0 spiro atoms.